The molecule has 0 bridgehead atoms. The second-order valence-electron chi connectivity index (χ2n) is 4.46. The second kappa shape index (κ2) is 6.75. The highest BCUT2D eigenvalue weighted by Gasteiger charge is 2.10. The lowest BCUT2D eigenvalue weighted by Crippen LogP contribution is -2.15. The van der Waals surface area contributed by atoms with Gasteiger partial charge >= 0.3 is 0 Å². The molecule has 17 heavy (non-hydrogen) atoms. The molecule has 0 aliphatic heterocycles. The van der Waals surface area contributed by atoms with Crippen LogP contribution in [0.25, 0.3) is 0 Å². The third-order valence-electron chi connectivity index (χ3n) is 3.15. The average Bonchev–Trinajstić information content (AvgIpc) is 2.39. The fourth-order valence-corrected chi connectivity index (χ4v) is 2.97. The highest BCUT2D eigenvalue weighted by atomic mass is 32.2. The van der Waals surface area contributed by atoms with E-state index in [-0.39, 0.29) is 0 Å². The van der Waals surface area contributed by atoms with Gasteiger partial charge in [0.25, 0.3) is 0 Å². The van der Waals surface area contributed by atoms with Crippen LogP contribution in [0.5, 0.6) is 0 Å². The predicted octanol–water partition coefficient (Wildman–Crippen LogP) is 4.57. The predicted molar refractivity (Wildman–Crippen MR) is 77.8 cm³/mol. The van der Waals surface area contributed by atoms with Crippen molar-refractivity contribution in [2.24, 2.45) is 5.92 Å². The van der Waals surface area contributed by atoms with Gasteiger partial charge in [-0.15, -0.1) is 11.8 Å². The summed E-state index contributed by atoms with van der Waals surface area (Å²) in [7, 11) is 0. The van der Waals surface area contributed by atoms with Crippen LogP contribution in [0, 0.1) is 5.92 Å². The molecule has 2 rings (SSSR count). The number of anilines is 1. The van der Waals surface area contributed by atoms with E-state index in [0.717, 1.165) is 18.2 Å². The second-order valence-corrected chi connectivity index (χ2v) is 5.77. The summed E-state index contributed by atoms with van der Waals surface area (Å²) in [5.74, 6) is 1.94. The van der Waals surface area contributed by atoms with E-state index in [1.807, 2.05) is 11.8 Å². The zero-order valence-electron chi connectivity index (χ0n) is 10.5. The number of thioether (sulfide) groups is 1. The van der Waals surface area contributed by atoms with E-state index in [1.165, 1.54) is 29.8 Å². The van der Waals surface area contributed by atoms with Gasteiger partial charge in [0.2, 0.25) is 0 Å². The van der Waals surface area contributed by atoms with Gasteiger partial charge in [-0.2, -0.15) is 0 Å². The van der Waals surface area contributed by atoms with Gasteiger partial charge in [-0.1, -0.05) is 31.2 Å². The third-order valence-corrected chi connectivity index (χ3v) is 4.10. The molecule has 1 aliphatic rings. The molecule has 0 saturated heterocycles. The Morgan fingerprint density at radius 3 is 2.94 bits per heavy atom. The Labute approximate surface area is 109 Å². The molecule has 1 aromatic rings. The molecule has 0 radical (unpaired) electrons. The van der Waals surface area contributed by atoms with E-state index in [1.54, 1.807) is 0 Å². The van der Waals surface area contributed by atoms with E-state index in [9.17, 15) is 0 Å². The summed E-state index contributed by atoms with van der Waals surface area (Å²) >= 11 is 1.91. The highest BCUT2D eigenvalue weighted by molar-refractivity contribution is 7.99. The van der Waals surface area contributed by atoms with Crippen LogP contribution in [0.2, 0.25) is 0 Å². The lowest BCUT2D eigenvalue weighted by Gasteiger charge is -2.20. The fraction of sp³-hybridized carbons (Fsp3) is 0.467. The number of hydrogen-bond acceptors (Lipinski definition) is 2. The summed E-state index contributed by atoms with van der Waals surface area (Å²) in [4.78, 5) is 1.38. The summed E-state index contributed by atoms with van der Waals surface area (Å²) in [5.41, 5.74) is 1.30. The number of rotatable bonds is 5. The Balaban J connectivity index is 1.91. The molecule has 1 aliphatic carbocycles. The van der Waals surface area contributed by atoms with Gasteiger partial charge in [0, 0.05) is 17.1 Å². The van der Waals surface area contributed by atoms with E-state index in [0.29, 0.717) is 0 Å². The number of para-hydroxylation sites is 1. The molecule has 1 N–H and O–H groups in total. The first-order valence-corrected chi connectivity index (χ1v) is 7.49. The maximum atomic E-state index is 3.61. The highest BCUT2D eigenvalue weighted by Crippen LogP contribution is 2.27. The maximum absolute atomic E-state index is 3.61. The van der Waals surface area contributed by atoms with Gasteiger partial charge in [-0.3, -0.25) is 0 Å². The summed E-state index contributed by atoms with van der Waals surface area (Å²) in [6, 6.07) is 8.63. The minimum atomic E-state index is 0.805. The minimum Gasteiger partial charge on any atom is -0.384 e. The first kappa shape index (κ1) is 12.6. The quantitative estimate of drug-likeness (QED) is 0.604. The molecular formula is C15H21NS. The normalized spacial score (nSPS) is 19.2. The van der Waals surface area contributed by atoms with E-state index < -0.39 is 0 Å². The lowest BCUT2D eigenvalue weighted by molar-refractivity contribution is 0.504. The van der Waals surface area contributed by atoms with Crippen LogP contribution in [-0.2, 0) is 0 Å². The largest absolute Gasteiger partial charge is 0.384 e. The molecule has 92 valence electrons. The molecule has 0 heterocycles. The van der Waals surface area contributed by atoms with E-state index >= 15 is 0 Å². The van der Waals surface area contributed by atoms with Gasteiger partial charge < -0.3 is 5.32 Å². The van der Waals surface area contributed by atoms with Crippen molar-refractivity contribution >= 4 is 17.4 Å². The van der Waals surface area contributed by atoms with Crippen molar-refractivity contribution in [3.8, 4) is 0 Å². The lowest BCUT2D eigenvalue weighted by atomic mass is 9.94. The Morgan fingerprint density at radius 2 is 2.18 bits per heavy atom. The maximum Gasteiger partial charge on any atom is 0.0478 e. The van der Waals surface area contributed by atoms with Crippen LogP contribution in [0.4, 0.5) is 5.69 Å². The molecule has 1 aromatic carbocycles. The molecule has 0 amide bonds. The Bertz CT molecular complexity index is 373. The summed E-state index contributed by atoms with van der Waals surface area (Å²) in [6.07, 6.45) is 8.43. The van der Waals surface area contributed by atoms with Crippen LogP contribution in [-0.4, -0.2) is 12.3 Å². The van der Waals surface area contributed by atoms with Gasteiger partial charge in [0.05, 0.1) is 0 Å². The van der Waals surface area contributed by atoms with Crippen molar-refractivity contribution in [3.05, 3.63) is 36.4 Å². The SMILES string of the molecule is CCSc1ccccc1NCC1CC=CCC1. The molecule has 2 heteroatoms. The molecule has 0 aromatic heterocycles. The molecule has 1 atom stereocenters. The Hall–Kier alpha value is -0.890. The average molecular weight is 247 g/mol. The summed E-state index contributed by atoms with van der Waals surface area (Å²) < 4.78 is 0. The molecule has 0 fully saturated rings. The van der Waals surface area contributed by atoms with Gasteiger partial charge in [-0.25, -0.2) is 0 Å². The van der Waals surface area contributed by atoms with Gasteiger partial charge in [0.1, 0.15) is 0 Å². The van der Waals surface area contributed by atoms with E-state index in [4.69, 9.17) is 0 Å². The monoisotopic (exact) mass is 247 g/mol. The smallest absolute Gasteiger partial charge is 0.0478 e. The molecule has 1 unspecified atom stereocenters. The number of allylic oxidation sites excluding steroid dienone is 2. The Kier molecular flexibility index (Phi) is 4.99. The first-order valence-electron chi connectivity index (χ1n) is 6.51. The van der Waals surface area contributed by atoms with Crippen molar-refractivity contribution in [1.29, 1.82) is 0 Å². The van der Waals surface area contributed by atoms with Crippen molar-refractivity contribution in [1.82, 2.24) is 0 Å². The standard InChI is InChI=1S/C15H21NS/c1-2-17-15-11-7-6-10-14(15)16-12-13-8-4-3-5-9-13/h3-4,6-7,10-11,13,16H,2,5,8-9,12H2,1H3. The third kappa shape index (κ3) is 3.81. The molecule has 1 nitrogen and oxygen atoms in total. The van der Waals surface area contributed by atoms with Crippen molar-refractivity contribution < 1.29 is 0 Å². The fourth-order valence-electron chi connectivity index (χ4n) is 2.19. The number of hydrogen-bond donors (Lipinski definition) is 1. The van der Waals surface area contributed by atoms with Gasteiger partial charge in [0.15, 0.2) is 0 Å². The first-order chi connectivity index (χ1) is 8.40. The molecular weight excluding hydrogens is 226 g/mol. The van der Waals surface area contributed by atoms with Crippen molar-refractivity contribution in [2.75, 3.05) is 17.6 Å². The van der Waals surface area contributed by atoms with E-state index in [2.05, 4.69) is 48.7 Å². The van der Waals surface area contributed by atoms with Crippen LogP contribution < -0.4 is 5.32 Å². The van der Waals surface area contributed by atoms with Crippen molar-refractivity contribution in [3.63, 3.8) is 0 Å². The minimum absolute atomic E-state index is 0.805. The zero-order valence-corrected chi connectivity index (χ0v) is 11.3. The molecule has 0 spiro atoms. The van der Waals surface area contributed by atoms with Crippen LogP contribution in [0.15, 0.2) is 41.3 Å². The molecule has 0 saturated carbocycles. The van der Waals surface area contributed by atoms with Crippen molar-refractivity contribution in [2.45, 2.75) is 31.1 Å². The number of nitrogens with one attached hydrogen (secondary N) is 1. The summed E-state index contributed by atoms with van der Waals surface area (Å²) in [5, 5.41) is 3.61. The summed E-state index contributed by atoms with van der Waals surface area (Å²) in [6.45, 7) is 3.30. The van der Waals surface area contributed by atoms with Crippen LogP contribution in [0.1, 0.15) is 26.2 Å². The van der Waals surface area contributed by atoms with Crippen LogP contribution in [0.3, 0.4) is 0 Å². The van der Waals surface area contributed by atoms with Crippen LogP contribution >= 0.6 is 11.8 Å². The topological polar surface area (TPSA) is 12.0 Å². The number of benzene rings is 1. The Morgan fingerprint density at radius 1 is 1.29 bits per heavy atom. The zero-order chi connectivity index (χ0) is 11.9. The van der Waals surface area contributed by atoms with Gasteiger partial charge in [-0.05, 0) is 43.1 Å².